The Bertz CT molecular complexity index is 332. The van der Waals surface area contributed by atoms with Crippen molar-refractivity contribution >= 4 is 0 Å². The Morgan fingerprint density at radius 2 is 2.14 bits per heavy atom. The summed E-state index contributed by atoms with van der Waals surface area (Å²) < 4.78 is 5.68. The first-order valence-electron chi connectivity index (χ1n) is 9.56. The number of nitrogens with one attached hydrogen (secondary N) is 2. The molecule has 0 aromatic rings. The van der Waals surface area contributed by atoms with Crippen LogP contribution in [-0.2, 0) is 4.74 Å². The molecule has 3 fully saturated rings. The molecule has 2 N–H and O–H groups in total. The number of hydrogen-bond acceptors (Lipinski definition) is 4. The maximum absolute atomic E-state index is 5.68. The lowest BCUT2D eigenvalue weighted by Gasteiger charge is -2.39. The van der Waals surface area contributed by atoms with Crippen molar-refractivity contribution in [2.24, 2.45) is 5.92 Å². The lowest BCUT2D eigenvalue weighted by molar-refractivity contribution is 0.0511. The van der Waals surface area contributed by atoms with Gasteiger partial charge in [0.2, 0.25) is 0 Å². The maximum Gasteiger partial charge on any atom is 0.0623 e. The van der Waals surface area contributed by atoms with Gasteiger partial charge in [0.05, 0.1) is 13.2 Å². The van der Waals surface area contributed by atoms with Gasteiger partial charge in [-0.1, -0.05) is 12.8 Å². The van der Waals surface area contributed by atoms with E-state index in [0.29, 0.717) is 18.1 Å². The zero-order chi connectivity index (χ0) is 15.4. The fourth-order valence-electron chi connectivity index (χ4n) is 4.80. The minimum atomic E-state index is 0.568. The van der Waals surface area contributed by atoms with Gasteiger partial charge in [0.25, 0.3) is 0 Å². The van der Waals surface area contributed by atoms with Crippen LogP contribution in [0, 0.1) is 5.92 Å². The van der Waals surface area contributed by atoms with Crippen LogP contribution in [-0.4, -0.2) is 61.9 Å². The predicted octanol–water partition coefficient (Wildman–Crippen LogP) is 2.00. The molecular formula is C18H35N3O. The molecule has 0 amide bonds. The van der Waals surface area contributed by atoms with E-state index >= 15 is 0 Å². The van der Waals surface area contributed by atoms with Gasteiger partial charge in [-0.2, -0.15) is 0 Å². The Labute approximate surface area is 136 Å². The van der Waals surface area contributed by atoms with E-state index in [1.54, 1.807) is 0 Å². The van der Waals surface area contributed by atoms with Crippen LogP contribution in [0.1, 0.15) is 52.4 Å². The van der Waals surface area contributed by atoms with Gasteiger partial charge in [0.15, 0.2) is 0 Å². The van der Waals surface area contributed by atoms with Crippen molar-refractivity contribution in [3.63, 3.8) is 0 Å². The van der Waals surface area contributed by atoms with Gasteiger partial charge in [0.1, 0.15) is 0 Å². The Morgan fingerprint density at radius 3 is 2.91 bits per heavy atom. The Kier molecular flexibility index (Phi) is 6.14. The summed E-state index contributed by atoms with van der Waals surface area (Å²) in [5.74, 6) is 0.756. The van der Waals surface area contributed by atoms with Gasteiger partial charge < -0.3 is 15.4 Å². The van der Waals surface area contributed by atoms with Crippen LogP contribution in [0.3, 0.4) is 0 Å². The van der Waals surface area contributed by atoms with Crippen LogP contribution in [0.15, 0.2) is 0 Å². The highest BCUT2D eigenvalue weighted by atomic mass is 16.5. The van der Waals surface area contributed by atoms with Gasteiger partial charge >= 0.3 is 0 Å². The molecule has 0 radical (unpaired) electrons. The van der Waals surface area contributed by atoms with Crippen molar-refractivity contribution in [3.8, 4) is 0 Å². The second-order valence-electron chi connectivity index (χ2n) is 7.68. The zero-order valence-electron chi connectivity index (χ0n) is 14.5. The fourth-order valence-corrected chi connectivity index (χ4v) is 4.80. The molecule has 3 rings (SSSR count). The molecule has 0 spiro atoms. The Hall–Kier alpha value is -0.160. The molecule has 5 unspecified atom stereocenters. The summed E-state index contributed by atoms with van der Waals surface area (Å²) in [6.45, 7) is 10.0. The number of piperidine rings is 1. The lowest BCUT2D eigenvalue weighted by atomic mass is 9.93. The molecule has 0 bridgehead atoms. The van der Waals surface area contributed by atoms with Crippen LogP contribution in [0.2, 0.25) is 0 Å². The third-order valence-electron chi connectivity index (χ3n) is 6.13. The molecule has 0 aromatic heterocycles. The number of ether oxygens (including phenoxy) is 1. The van der Waals surface area contributed by atoms with Gasteiger partial charge in [-0.3, -0.25) is 4.90 Å². The van der Waals surface area contributed by atoms with Crippen molar-refractivity contribution in [1.82, 2.24) is 15.5 Å². The molecule has 2 saturated heterocycles. The maximum atomic E-state index is 5.68. The number of nitrogens with zero attached hydrogens (tertiary/aromatic N) is 1. The lowest BCUT2D eigenvalue weighted by Crippen LogP contribution is -2.53. The summed E-state index contributed by atoms with van der Waals surface area (Å²) in [4.78, 5) is 2.71. The molecule has 128 valence electrons. The largest absolute Gasteiger partial charge is 0.379 e. The summed E-state index contributed by atoms with van der Waals surface area (Å²) in [7, 11) is 0. The Balaban J connectivity index is 1.47. The number of morpholine rings is 1. The molecule has 2 heterocycles. The van der Waals surface area contributed by atoms with Crippen LogP contribution in [0.4, 0.5) is 0 Å². The van der Waals surface area contributed by atoms with Crippen molar-refractivity contribution in [2.75, 3.05) is 32.8 Å². The molecule has 1 aliphatic carbocycles. The van der Waals surface area contributed by atoms with E-state index in [1.165, 1.54) is 45.1 Å². The van der Waals surface area contributed by atoms with Gasteiger partial charge in [0, 0.05) is 37.3 Å². The van der Waals surface area contributed by atoms with E-state index in [0.717, 1.165) is 38.3 Å². The van der Waals surface area contributed by atoms with Gasteiger partial charge in [-0.15, -0.1) is 0 Å². The van der Waals surface area contributed by atoms with E-state index in [9.17, 15) is 0 Å². The summed E-state index contributed by atoms with van der Waals surface area (Å²) >= 11 is 0. The summed E-state index contributed by atoms with van der Waals surface area (Å²) in [6, 6.07) is 2.67. The second kappa shape index (κ2) is 8.09. The first-order chi connectivity index (χ1) is 10.8. The standard InChI is InChI=1S/C18H35N3O/c1-14-6-3-4-10-21(14)15(2)12-20-17-8-5-7-16(17)18-13-22-11-9-19-18/h14-20H,3-13H2,1-2H3. The molecule has 4 heteroatoms. The molecule has 4 nitrogen and oxygen atoms in total. The van der Waals surface area contributed by atoms with E-state index in [2.05, 4.69) is 29.4 Å². The number of likely N-dealkylation sites (tertiary alicyclic amines) is 1. The predicted molar refractivity (Wildman–Crippen MR) is 91.2 cm³/mol. The number of hydrogen-bond donors (Lipinski definition) is 2. The quantitative estimate of drug-likeness (QED) is 0.814. The monoisotopic (exact) mass is 309 g/mol. The normalized spacial score (nSPS) is 39.0. The topological polar surface area (TPSA) is 36.5 Å². The Morgan fingerprint density at radius 1 is 1.23 bits per heavy atom. The number of rotatable bonds is 5. The molecular weight excluding hydrogens is 274 g/mol. The van der Waals surface area contributed by atoms with Crippen LogP contribution >= 0.6 is 0 Å². The molecule has 3 aliphatic rings. The van der Waals surface area contributed by atoms with E-state index in [1.807, 2.05) is 0 Å². The zero-order valence-corrected chi connectivity index (χ0v) is 14.5. The van der Waals surface area contributed by atoms with E-state index in [-0.39, 0.29) is 0 Å². The summed E-state index contributed by atoms with van der Waals surface area (Å²) in [5, 5.41) is 7.58. The highest BCUT2D eigenvalue weighted by Gasteiger charge is 2.35. The molecule has 2 aliphatic heterocycles. The first kappa shape index (κ1) is 16.7. The SMILES string of the molecule is CC1CCCCN1C(C)CNC1CCCC1C1COCCN1. The van der Waals surface area contributed by atoms with Crippen molar-refractivity contribution in [1.29, 1.82) is 0 Å². The second-order valence-corrected chi connectivity index (χ2v) is 7.68. The average molecular weight is 309 g/mol. The van der Waals surface area contributed by atoms with Crippen molar-refractivity contribution in [3.05, 3.63) is 0 Å². The summed E-state index contributed by atoms with van der Waals surface area (Å²) in [5.41, 5.74) is 0. The van der Waals surface area contributed by atoms with Crippen LogP contribution in [0.5, 0.6) is 0 Å². The molecule has 5 atom stereocenters. The van der Waals surface area contributed by atoms with Crippen LogP contribution < -0.4 is 10.6 Å². The minimum Gasteiger partial charge on any atom is -0.379 e. The highest BCUT2D eigenvalue weighted by molar-refractivity contribution is 4.93. The van der Waals surface area contributed by atoms with E-state index < -0.39 is 0 Å². The first-order valence-corrected chi connectivity index (χ1v) is 9.56. The fraction of sp³-hybridized carbons (Fsp3) is 1.00. The van der Waals surface area contributed by atoms with Crippen molar-refractivity contribution < 1.29 is 4.74 Å². The van der Waals surface area contributed by atoms with Crippen LogP contribution in [0.25, 0.3) is 0 Å². The third kappa shape index (κ3) is 4.02. The average Bonchev–Trinajstić information content (AvgIpc) is 3.02. The third-order valence-corrected chi connectivity index (χ3v) is 6.13. The summed E-state index contributed by atoms with van der Waals surface area (Å²) in [6.07, 6.45) is 8.23. The highest BCUT2D eigenvalue weighted by Crippen LogP contribution is 2.29. The molecule has 0 aromatic carbocycles. The smallest absolute Gasteiger partial charge is 0.0623 e. The minimum absolute atomic E-state index is 0.568. The molecule has 1 saturated carbocycles. The van der Waals surface area contributed by atoms with Crippen molar-refractivity contribution in [2.45, 2.75) is 76.5 Å². The van der Waals surface area contributed by atoms with Gasteiger partial charge in [-0.25, -0.2) is 0 Å². The molecule has 22 heavy (non-hydrogen) atoms. The van der Waals surface area contributed by atoms with Gasteiger partial charge in [-0.05, 0) is 52.0 Å². The van der Waals surface area contributed by atoms with E-state index in [4.69, 9.17) is 4.74 Å².